The van der Waals surface area contributed by atoms with E-state index in [-0.39, 0.29) is 11.7 Å². The maximum atomic E-state index is 13.2. The summed E-state index contributed by atoms with van der Waals surface area (Å²) >= 11 is 0. The number of carbonyl (C=O) groups excluding carboxylic acids is 1. The normalized spacial score (nSPS) is 13.4. The predicted octanol–water partition coefficient (Wildman–Crippen LogP) is 4.41. The molecular formula is C19H18FNO2. The van der Waals surface area contributed by atoms with Gasteiger partial charge in [-0.1, -0.05) is 18.7 Å². The van der Waals surface area contributed by atoms with Crippen LogP contribution >= 0.6 is 0 Å². The van der Waals surface area contributed by atoms with Gasteiger partial charge < -0.3 is 10.1 Å². The first-order chi connectivity index (χ1) is 11.2. The Morgan fingerprint density at radius 1 is 1.30 bits per heavy atom. The van der Waals surface area contributed by atoms with Crippen molar-refractivity contribution in [2.45, 2.75) is 25.4 Å². The van der Waals surface area contributed by atoms with E-state index in [1.165, 1.54) is 18.2 Å². The Kier molecular flexibility index (Phi) is 4.42. The highest BCUT2D eigenvalue weighted by atomic mass is 19.1. The summed E-state index contributed by atoms with van der Waals surface area (Å²) in [4.78, 5) is 11.4. The number of hydrogen-bond acceptors (Lipinski definition) is 2. The van der Waals surface area contributed by atoms with Crippen molar-refractivity contribution in [3.05, 3.63) is 72.1 Å². The minimum absolute atomic E-state index is 0.236. The minimum atomic E-state index is -0.268. The molecule has 0 spiro atoms. The van der Waals surface area contributed by atoms with Gasteiger partial charge in [0.15, 0.2) is 0 Å². The zero-order chi connectivity index (χ0) is 16.2. The first-order valence-electron chi connectivity index (χ1n) is 7.60. The fraction of sp³-hybridized carbons (Fsp3) is 0.211. The molecule has 1 N–H and O–H groups in total. The van der Waals surface area contributed by atoms with E-state index in [1.807, 2.05) is 18.2 Å². The maximum absolute atomic E-state index is 13.2. The molecular weight excluding hydrogens is 293 g/mol. The van der Waals surface area contributed by atoms with E-state index in [0.29, 0.717) is 12.5 Å². The molecule has 0 aliphatic heterocycles. The van der Waals surface area contributed by atoms with Crippen molar-refractivity contribution in [1.82, 2.24) is 0 Å². The molecule has 3 nitrogen and oxygen atoms in total. The molecule has 118 valence electrons. The van der Waals surface area contributed by atoms with Crippen LogP contribution in [0, 0.1) is 5.82 Å². The second-order valence-electron chi connectivity index (χ2n) is 5.64. The lowest BCUT2D eigenvalue weighted by atomic mass is 10.1. The van der Waals surface area contributed by atoms with Crippen LogP contribution in [-0.4, -0.2) is 5.91 Å². The number of amides is 1. The number of nitrogens with one attached hydrogen (secondary N) is 1. The van der Waals surface area contributed by atoms with Crippen molar-refractivity contribution in [2.75, 3.05) is 5.32 Å². The summed E-state index contributed by atoms with van der Waals surface area (Å²) in [5.41, 5.74) is 2.61. The highest BCUT2D eigenvalue weighted by Crippen LogP contribution is 2.45. The Morgan fingerprint density at radius 2 is 2.13 bits per heavy atom. The van der Waals surface area contributed by atoms with E-state index >= 15 is 0 Å². The fourth-order valence-corrected chi connectivity index (χ4v) is 2.45. The van der Waals surface area contributed by atoms with Gasteiger partial charge in [-0.2, -0.15) is 0 Å². The molecule has 0 radical (unpaired) electrons. The average Bonchev–Trinajstić information content (AvgIpc) is 3.38. The molecule has 1 amide bonds. The minimum Gasteiger partial charge on any atom is -0.489 e. The van der Waals surface area contributed by atoms with Crippen LogP contribution in [0.5, 0.6) is 5.75 Å². The summed E-state index contributed by atoms with van der Waals surface area (Å²) in [6.45, 7) is 3.76. The molecule has 0 bridgehead atoms. The number of ether oxygens (including phenoxy) is 1. The Labute approximate surface area is 134 Å². The number of halogens is 1. The van der Waals surface area contributed by atoms with Crippen molar-refractivity contribution in [3.63, 3.8) is 0 Å². The third kappa shape index (κ3) is 3.97. The van der Waals surface area contributed by atoms with Gasteiger partial charge in [0.1, 0.15) is 18.2 Å². The molecule has 0 atom stereocenters. The number of rotatable bonds is 6. The molecule has 1 saturated carbocycles. The Balaban J connectivity index is 1.76. The van der Waals surface area contributed by atoms with E-state index in [0.717, 1.165) is 35.4 Å². The molecule has 0 unspecified atom stereocenters. The summed E-state index contributed by atoms with van der Waals surface area (Å²) in [7, 11) is 0. The molecule has 1 aliphatic rings. The Bertz CT molecular complexity index is 738. The quantitative estimate of drug-likeness (QED) is 0.803. The lowest BCUT2D eigenvalue weighted by Gasteiger charge is -2.13. The Hall–Kier alpha value is -2.62. The molecule has 4 heteroatoms. The van der Waals surface area contributed by atoms with Gasteiger partial charge in [-0.05, 0) is 66.3 Å². The van der Waals surface area contributed by atoms with Crippen molar-refractivity contribution in [1.29, 1.82) is 0 Å². The largest absolute Gasteiger partial charge is 0.489 e. The summed E-state index contributed by atoms with van der Waals surface area (Å²) in [6, 6.07) is 12.0. The molecule has 2 aromatic carbocycles. The average molecular weight is 311 g/mol. The highest BCUT2D eigenvalue weighted by Gasteiger charge is 2.27. The van der Waals surface area contributed by atoms with Crippen LogP contribution in [0.2, 0.25) is 0 Å². The molecule has 2 aromatic rings. The zero-order valence-corrected chi connectivity index (χ0v) is 12.7. The smallest absolute Gasteiger partial charge is 0.247 e. The molecule has 0 aromatic heterocycles. The maximum Gasteiger partial charge on any atom is 0.247 e. The molecule has 1 aliphatic carbocycles. The second kappa shape index (κ2) is 6.65. The van der Waals surface area contributed by atoms with Crippen LogP contribution in [0.3, 0.4) is 0 Å². The van der Waals surface area contributed by atoms with Gasteiger partial charge in [0, 0.05) is 5.69 Å². The molecule has 0 saturated heterocycles. The van der Waals surface area contributed by atoms with Crippen LogP contribution < -0.4 is 10.1 Å². The number of anilines is 1. The first-order valence-corrected chi connectivity index (χ1v) is 7.60. The predicted molar refractivity (Wildman–Crippen MR) is 88.0 cm³/mol. The van der Waals surface area contributed by atoms with Gasteiger partial charge >= 0.3 is 0 Å². The van der Waals surface area contributed by atoms with Crippen LogP contribution in [0.15, 0.2) is 55.1 Å². The third-order valence-electron chi connectivity index (χ3n) is 3.76. The lowest BCUT2D eigenvalue weighted by molar-refractivity contribution is -0.111. The lowest BCUT2D eigenvalue weighted by Crippen LogP contribution is -2.08. The van der Waals surface area contributed by atoms with Crippen LogP contribution in [0.4, 0.5) is 10.1 Å². The summed E-state index contributed by atoms with van der Waals surface area (Å²) in [5, 5.41) is 2.76. The van der Waals surface area contributed by atoms with E-state index in [9.17, 15) is 9.18 Å². The molecule has 3 rings (SSSR count). The third-order valence-corrected chi connectivity index (χ3v) is 3.76. The summed E-state index contributed by atoms with van der Waals surface area (Å²) < 4.78 is 19.1. The van der Waals surface area contributed by atoms with Crippen molar-refractivity contribution >= 4 is 11.6 Å². The highest BCUT2D eigenvalue weighted by molar-refractivity contribution is 5.99. The SMILES string of the molecule is C=CC(=O)Nc1ccc(OCc2cccc(F)c2)c(C2CC2)c1. The zero-order valence-electron chi connectivity index (χ0n) is 12.7. The molecule has 23 heavy (non-hydrogen) atoms. The van der Waals surface area contributed by atoms with Crippen molar-refractivity contribution in [2.24, 2.45) is 0 Å². The van der Waals surface area contributed by atoms with Crippen LogP contribution in [-0.2, 0) is 11.4 Å². The van der Waals surface area contributed by atoms with Crippen molar-refractivity contribution in [3.8, 4) is 5.75 Å². The summed E-state index contributed by atoms with van der Waals surface area (Å²) in [6.07, 6.45) is 3.48. The number of carbonyl (C=O) groups is 1. The van der Waals surface area contributed by atoms with E-state index in [2.05, 4.69) is 11.9 Å². The number of hydrogen-bond donors (Lipinski definition) is 1. The molecule has 0 heterocycles. The van der Waals surface area contributed by atoms with Crippen LogP contribution in [0.1, 0.15) is 29.9 Å². The van der Waals surface area contributed by atoms with Gasteiger partial charge in [-0.3, -0.25) is 4.79 Å². The van der Waals surface area contributed by atoms with Gasteiger partial charge in [-0.15, -0.1) is 0 Å². The number of benzene rings is 2. The van der Waals surface area contributed by atoms with Gasteiger partial charge in [-0.25, -0.2) is 4.39 Å². The van der Waals surface area contributed by atoms with Crippen LogP contribution in [0.25, 0.3) is 0 Å². The molecule has 1 fully saturated rings. The topological polar surface area (TPSA) is 38.3 Å². The second-order valence-corrected chi connectivity index (χ2v) is 5.64. The monoisotopic (exact) mass is 311 g/mol. The van der Waals surface area contributed by atoms with E-state index in [4.69, 9.17) is 4.74 Å². The first kappa shape index (κ1) is 15.3. The van der Waals surface area contributed by atoms with Crippen molar-refractivity contribution < 1.29 is 13.9 Å². The standard InChI is InChI=1S/C19H18FNO2/c1-2-19(22)21-16-8-9-18(17(11-16)14-6-7-14)23-12-13-4-3-5-15(20)10-13/h2-5,8-11,14H,1,6-7,12H2,(H,21,22). The van der Waals surface area contributed by atoms with Gasteiger partial charge in [0.2, 0.25) is 5.91 Å². The van der Waals surface area contributed by atoms with E-state index in [1.54, 1.807) is 12.1 Å². The van der Waals surface area contributed by atoms with E-state index < -0.39 is 0 Å². The van der Waals surface area contributed by atoms with Gasteiger partial charge in [0.05, 0.1) is 0 Å². The summed E-state index contributed by atoms with van der Waals surface area (Å²) in [5.74, 6) is 0.752. The Morgan fingerprint density at radius 3 is 2.83 bits per heavy atom. The van der Waals surface area contributed by atoms with Gasteiger partial charge in [0.25, 0.3) is 0 Å². The fourth-order valence-electron chi connectivity index (χ4n) is 2.45.